The van der Waals surface area contributed by atoms with Gasteiger partial charge in [0.15, 0.2) is 5.13 Å². The van der Waals surface area contributed by atoms with Crippen LogP contribution in [0.1, 0.15) is 29.8 Å². The predicted molar refractivity (Wildman–Crippen MR) is 164 cm³/mol. The molecule has 11 heteroatoms. The van der Waals surface area contributed by atoms with Gasteiger partial charge in [-0.3, -0.25) is 9.69 Å². The van der Waals surface area contributed by atoms with Crippen molar-refractivity contribution in [1.82, 2.24) is 14.2 Å². The second-order valence-electron chi connectivity index (χ2n) is 9.26. The van der Waals surface area contributed by atoms with Crippen molar-refractivity contribution in [2.24, 2.45) is 0 Å². The second-order valence-corrected chi connectivity index (χ2v) is 12.2. The molecule has 0 saturated heterocycles. The summed E-state index contributed by atoms with van der Waals surface area (Å²) in [5, 5.41) is 0.585. The average molecular weight is 603 g/mol. The van der Waals surface area contributed by atoms with Crippen LogP contribution in [0.5, 0.6) is 5.75 Å². The van der Waals surface area contributed by atoms with Gasteiger partial charge in [0.2, 0.25) is 10.0 Å². The number of thiazole rings is 1. The lowest BCUT2D eigenvalue weighted by molar-refractivity contribution is 0.0985. The highest BCUT2D eigenvalue weighted by atomic mass is 35.5. The molecule has 0 aliphatic rings. The zero-order valence-corrected chi connectivity index (χ0v) is 25.6. The number of amides is 1. The van der Waals surface area contributed by atoms with Crippen molar-refractivity contribution < 1.29 is 17.9 Å². The van der Waals surface area contributed by atoms with Gasteiger partial charge in [-0.05, 0) is 69.0 Å². The van der Waals surface area contributed by atoms with E-state index in [0.29, 0.717) is 36.9 Å². The van der Waals surface area contributed by atoms with Crippen LogP contribution in [0.3, 0.4) is 0 Å². The molecule has 1 amide bonds. The first-order valence-electron chi connectivity index (χ1n) is 12.9. The Morgan fingerprint density at radius 3 is 2.27 bits per heavy atom. The first kappa shape index (κ1) is 31.5. The number of likely N-dealkylation sites (N-methyl/N-ethyl adjacent to an activating group) is 1. The Labute approximate surface area is 246 Å². The number of halogens is 1. The smallest absolute Gasteiger partial charge is 0.260 e. The van der Waals surface area contributed by atoms with Gasteiger partial charge in [-0.2, -0.15) is 4.31 Å². The largest absolute Gasteiger partial charge is 0.494 e. The van der Waals surface area contributed by atoms with E-state index in [4.69, 9.17) is 9.72 Å². The van der Waals surface area contributed by atoms with Gasteiger partial charge in [-0.25, -0.2) is 13.4 Å². The predicted octanol–water partition coefficient (Wildman–Crippen LogP) is 5.54. The topological polar surface area (TPSA) is 83.0 Å². The minimum absolute atomic E-state index is 0. The van der Waals surface area contributed by atoms with Gasteiger partial charge >= 0.3 is 0 Å². The highest BCUT2D eigenvalue weighted by Crippen LogP contribution is 2.32. The average Bonchev–Trinajstić information content (AvgIpc) is 3.35. The monoisotopic (exact) mass is 602 g/mol. The van der Waals surface area contributed by atoms with Crippen molar-refractivity contribution in [3.63, 3.8) is 0 Å². The Kier molecular flexibility index (Phi) is 11.1. The van der Waals surface area contributed by atoms with Gasteiger partial charge in [0, 0.05) is 31.7 Å². The fourth-order valence-electron chi connectivity index (χ4n) is 4.08. The van der Waals surface area contributed by atoms with Crippen LogP contribution in [-0.4, -0.2) is 68.9 Å². The molecule has 0 bridgehead atoms. The second kappa shape index (κ2) is 14.0. The molecule has 214 valence electrons. The summed E-state index contributed by atoms with van der Waals surface area (Å²) >= 11 is 1.43. The molecular weight excluding hydrogens is 568 g/mol. The number of carbonyl (C=O) groups is 1. The summed E-state index contributed by atoms with van der Waals surface area (Å²) in [7, 11) is 0.164. The summed E-state index contributed by atoms with van der Waals surface area (Å²) in [5.41, 5.74) is 2.10. The number of rotatable bonds is 12. The molecule has 40 heavy (non-hydrogen) atoms. The van der Waals surface area contributed by atoms with Gasteiger partial charge in [-0.15, -0.1) is 12.4 Å². The van der Waals surface area contributed by atoms with Crippen molar-refractivity contribution in [2.75, 3.05) is 45.2 Å². The van der Waals surface area contributed by atoms with E-state index in [9.17, 15) is 13.2 Å². The molecule has 1 heterocycles. The summed E-state index contributed by atoms with van der Waals surface area (Å²) in [6.45, 7) is 6.01. The van der Waals surface area contributed by atoms with Gasteiger partial charge in [0.05, 0.1) is 21.7 Å². The molecule has 4 aromatic rings. The Balaban J connectivity index is 0.00000441. The number of nitrogens with zero attached hydrogens (tertiary/aromatic N) is 4. The van der Waals surface area contributed by atoms with E-state index in [1.54, 1.807) is 17.0 Å². The lowest BCUT2D eigenvalue weighted by Crippen LogP contribution is -2.36. The molecule has 0 atom stereocenters. The summed E-state index contributed by atoms with van der Waals surface area (Å²) in [6.07, 6.45) is 0. The van der Waals surface area contributed by atoms with Gasteiger partial charge in [0.1, 0.15) is 5.75 Å². The number of fused-ring (bicyclic) bond motifs is 1. The first-order valence-corrected chi connectivity index (χ1v) is 15.1. The van der Waals surface area contributed by atoms with E-state index in [-0.39, 0.29) is 29.8 Å². The SMILES string of the molecule is CCOc1ccc2nc(N(CCN(C)C)C(=O)c3ccc(S(=O)(=O)N(CC)Cc4ccccc4)cc3)sc2c1.Cl. The molecule has 0 spiro atoms. The van der Waals surface area contributed by atoms with Crippen LogP contribution in [0.2, 0.25) is 0 Å². The lowest BCUT2D eigenvalue weighted by atomic mass is 10.2. The zero-order valence-electron chi connectivity index (χ0n) is 23.1. The zero-order chi connectivity index (χ0) is 28.0. The quantitative estimate of drug-likeness (QED) is 0.212. The van der Waals surface area contributed by atoms with Crippen molar-refractivity contribution in [2.45, 2.75) is 25.3 Å². The van der Waals surface area contributed by atoms with Gasteiger partial charge in [0.25, 0.3) is 5.91 Å². The third kappa shape index (κ3) is 7.38. The van der Waals surface area contributed by atoms with Crippen molar-refractivity contribution in [1.29, 1.82) is 0 Å². The van der Waals surface area contributed by atoms with Crippen molar-refractivity contribution >= 4 is 55.0 Å². The highest BCUT2D eigenvalue weighted by Gasteiger charge is 2.25. The van der Waals surface area contributed by atoms with Crippen LogP contribution in [-0.2, 0) is 16.6 Å². The molecule has 1 aromatic heterocycles. The number of carbonyl (C=O) groups excluding carboxylic acids is 1. The summed E-state index contributed by atoms with van der Waals surface area (Å²) in [6, 6.07) is 21.4. The van der Waals surface area contributed by atoms with Crippen LogP contribution in [0.4, 0.5) is 5.13 Å². The Bertz CT molecular complexity index is 1510. The van der Waals surface area contributed by atoms with Crippen LogP contribution < -0.4 is 9.64 Å². The maximum Gasteiger partial charge on any atom is 0.260 e. The molecule has 0 saturated carbocycles. The standard InChI is InChI=1S/C29H34N4O4S2.ClH/c1-5-32(21-22-10-8-7-9-11-22)39(35,36)25-15-12-23(13-16-25)28(34)33(19-18-31(3)4)29-30-26-17-14-24(37-6-2)20-27(26)38-29;/h7-17,20H,5-6,18-19,21H2,1-4H3;1H. The molecule has 0 fully saturated rings. The Morgan fingerprint density at radius 1 is 0.950 bits per heavy atom. The normalized spacial score (nSPS) is 11.6. The number of hydrogen-bond donors (Lipinski definition) is 0. The molecule has 4 rings (SSSR count). The minimum atomic E-state index is -3.73. The molecular formula is C29H35ClN4O4S2. The number of sulfonamides is 1. The van der Waals surface area contributed by atoms with E-state index in [2.05, 4.69) is 0 Å². The molecule has 0 aliphatic heterocycles. The van der Waals surface area contributed by atoms with Crippen LogP contribution in [0, 0.1) is 0 Å². The van der Waals surface area contributed by atoms with Crippen LogP contribution in [0.25, 0.3) is 10.2 Å². The van der Waals surface area contributed by atoms with Crippen molar-refractivity contribution in [3.8, 4) is 5.75 Å². The molecule has 3 aromatic carbocycles. The molecule has 0 N–H and O–H groups in total. The third-order valence-electron chi connectivity index (χ3n) is 6.20. The molecule has 8 nitrogen and oxygen atoms in total. The van der Waals surface area contributed by atoms with Crippen LogP contribution >= 0.6 is 23.7 Å². The summed E-state index contributed by atoms with van der Waals surface area (Å²) in [4.78, 5) is 22.2. The fraction of sp³-hybridized carbons (Fsp3) is 0.310. The van der Waals surface area contributed by atoms with E-state index in [0.717, 1.165) is 21.5 Å². The first-order chi connectivity index (χ1) is 18.7. The fourth-order valence-corrected chi connectivity index (χ4v) is 6.53. The maximum absolute atomic E-state index is 13.7. The van der Waals surface area contributed by atoms with Gasteiger partial charge in [-0.1, -0.05) is 48.6 Å². The highest BCUT2D eigenvalue weighted by molar-refractivity contribution is 7.89. The summed E-state index contributed by atoms with van der Waals surface area (Å²) < 4.78 is 34.7. The Hall–Kier alpha value is -3.02. The number of aromatic nitrogens is 1. The van der Waals surface area contributed by atoms with Gasteiger partial charge < -0.3 is 9.64 Å². The van der Waals surface area contributed by atoms with Crippen LogP contribution in [0.15, 0.2) is 77.7 Å². The van der Waals surface area contributed by atoms with E-state index in [1.807, 2.05) is 81.4 Å². The third-order valence-corrected chi connectivity index (χ3v) is 9.18. The Morgan fingerprint density at radius 2 is 1.65 bits per heavy atom. The summed E-state index contributed by atoms with van der Waals surface area (Å²) in [5.74, 6) is 0.526. The number of benzene rings is 3. The molecule has 0 radical (unpaired) electrons. The number of ether oxygens (including phenoxy) is 1. The number of anilines is 1. The van der Waals surface area contributed by atoms with Crippen molar-refractivity contribution in [3.05, 3.63) is 83.9 Å². The van der Waals surface area contributed by atoms with E-state index in [1.165, 1.54) is 27.8 Å². The minimum Gasteiger partial charge on any atom is -0.494 e. The van der Waals surface area contributed by atoms with E-state index >= 15 is 0 Å². The lowest BCUT2D eigenvalue weighted by Gasteiger charge is -2.23. The molecule has 0 aliphatic carbocycles. The van der Waals surface area contributed by atoms with E-state index < -0.39 is 10.0 Å². The maximum atomic E-state index is 13.7. The molecule has 0 unspecified atom stereocenters. The number of hydrogen-bond acceptors (Lipinski definition) is 7.